The van der Waals surface area contributed by atoms with E-state index in [1.165, 1.54) is 81.5 Å². The van der Waals surface area contributed by atoms with E-state index in [0.717, 1.165) is 107 Å². The minimum atomic E-state index is -0.758. The lowest BCUT2D eigenvalue weighted by atomic mass is 9.27. The molecule has 0 heterocycles. The van der Waals surface area contributed by atoms with Gasteiger partial charge in [0.05, 0.1) is 24.7 Å². The van der Waals surface area contributed by atoms with Crippen molar-refractivity contribution in [2.24, 2.45) is 79.8 Å². The fourth-order valence-electron chi connectivity index (χ4n) is 24.3. The topological polar surface area (TPSA) is 107 Å². The number of hydrogen-bond donors (Lipinski definition) is 4. The van der Waals surface area contributed by atoms with Crippen LogP contribution in [-0.4, -0.2) is 52.3 Å². The number of methoxy groups -OCH3 is 1. The van der Waals surface area contributed by atoms with Crippen LogP contribution < -0.4 is 10.4 Å². The Morgan fingerprint density at radius 2 is 1.47 bits per heavy atom. The van der Waals surface area contributed by atoms with E-state index >= 15 is 0 Å². The van der Waals surface area contributed by atoms with Gasteiger partial charge in [-0.3, -0.25) is 4.79 Å². The van der Waals surface area contributed by atoms with Crippen molar-refractivity contribution in [2.75, 3.05) is 13.7 Å². The number of phenols is 1. The normalized spacial score (nSPS) is 35.1. The molecular weight excluding hydrogens is 1130 g/mol. The maximum atomic E-state index is 14.7. The maximum Gasteiger partial charge on any atom is 0.306 e. The Kier molecular flexibility index (Phi) is 16.2. The van der Waals surface area contributed by atoms with E-state index in [4.69, 9.17) is 11.3 Å². The summed E-state index contributed by atoms with van der Waals surface area (Å²) >= 11 is 0. The molecule has 0 amide bonds. The monoisotopic (exact) mass is 1230 g/mol. The van der Waals surface area contributed by atoms with Gasteiger partial charge in [0, 0.05) is 40.6 Å². The zero-order valence-corrected chi connectivity index (χ0v) is 55.6. The lowest BCUT2D eigenvalue weighted by molar-refractivity contribution is -0.198. The Morgan fingerprint density at radius 3 is 2.23 bits per heavy atom. The van der Waals surface area contributed by atoms with Gasteiger partial charge in [-0.2, -0.15) is 0 Å². The number of carboxylic acids is 1. The highest BCUT2D eigenvalue weighted by molar-refractivity contribution is 5.78. The van der Waals surface area contributed by atoms with Crippen molar-refractivity contribution in [3.05, 3.63) is 207 Å². The predicted molar refractivity (Wildman–Crippen MR) is 371 cm³/mol. The van der Waals surface area contributed by atoms with E-state index in [0.29, 0.717) is 49.5 Å². The van der Waals surface area contributed by atoms with E-state index < -0.39 is 46.3 Å². The highest BCUT2D eigenvalue weighted by Crippen LogP contribution is 2.86. The van der Waals surface area contributed by atoms with Crippen LogP contribution in [0.5, 0.6) is 5.75 Å². The average Bonchev–Trinajstić information content (AvgIpc) is 1.13. The number of aromatic hydroxyl groups is 1. The largest absolute Gasteiger partial charge is 0.508 e. The van der Waals surface area contributed by atoms with Crippen molar-refractivity contribution < 1.29 is 30.0 Å². The molecule has 15 rings (SSSR count). The third-order valence-corrected chi connectivity index (χ3v) is 28.4. The zero-order valence-electron chi connectivity index (χ0n) is 55.6. The summed E-state index contributed by atoms with van der Waals surface area (Å²) in [5.74, 6) is 0.731. The number of phenolic OH excluding ortho intramolecular Hbond substituents is 1. The standard InChI is InChI=1S/C86H102O6/c1-55(56(2)60-19-10-7-11-20-60)24-34-70(79(90)91)78-76(88)54-86-75-53-83-42-15-41-81(3)77(89)39-46-85(80(81)83,73-50-65-21-12-13-23-69(65)71(72(73)52-83)49-59-18-14-22-64(48-59)61-30-32-67(87)33-31-61)74(75)51-66(82(78,86)4)38-45-84(86)43-36-63(37-44-84)68(35-27-57-16-8-6-9-17-57)62-28-25-58(26-29-62)40-47-92-5/h6,8-9,12-18,21-23,25-26,28-33,42,48,50,52,56,60,63,66,68,70,73,76-78,80,87-89H,1,7,10-11,19-20,24,27,34-41,43-47,49,51,53-54H2,2-5H3,(H,90,91)/t56-,63?,66+,68+,70-,73-,76-,77+,78+,80-,81-,82-,83-,84?,85+,86-/m1/s1. The van der Waals surface area contributed by atoms with E-state index in [-0.39, 0.29) is 39.7 Å². The van der Waals surface area contributed by atoms with Crippen LogP contribution in [0.15, 0.2) is 174 Å². The number of rotatable bonds is 18. The molecule has 5 saturated carbocycles. The minimum absolute atomic E-state index is 0.0694. The van der Waals surface area contributed by atoms with E-state index in [1.54, 1.807) is 30.4 Å². The second-order valence-electron chi connectivity index (χ2n) is 32.1. The Balaban J connectivity index is 0.883. The molecule has 6 heteroatoms. The van der Waals surface area contributed by atoms with Crippen LogP contribution in [0.3, 0.4) is 0 Å². The molecule has 0 saturated heterocycles. The van der Waals surface area contributed by atoms with Gasteiger partial charge in [0.2, 0.25) is 0 Å². The van der Waals surface area contributed by atoms with Crippen molar-refractivity contribution in [2.45, 2.75) is 187 Å². The quantitative estimate of drug-likeness (QED) is 0.0651. The van der Waals surface area contributed by atoms with Crippen molar-refractivity contribution >= 4 is 17.6 Å². The van der Waals surface area contributed by atoms with E-state index in [1.807, 2.05) is 12.1 Å². The van der Waals surface area contributed by atoms with Gasteiger partial charge in [0.15, 0.2) is 0 Å². The van der Waals surface area contributed by atoms with E-state index in [2.05, 4.69) is 148 Å². The second kappa shape index (κ2) is 24.0. The number of aliphatic hydroxyl groups is 2. The first-order chi connectivity index (χ1) is 44.6. The van der Waals surface area contributed by atoms with Crippen molar-refractivity contribution in [1.29, 1.82) is 0 Å². The molecule has 4 N–H and O–H groups in total. The van der Waals surface area contributed by atoms with Gasteiger partial charge in [-0.05, 0) is 242 Å². The summed E-state index contributed by atoms with van der Waals surface area (Å²) in [5, 5.41) is 51.6. The number of aryl methyl sites for hydroxylation is 1. The Morgan fingerprint density at radius 1 is 0.739 bits per heavy atom. The van der Waals surface area contributed by atoms with Gasteiger partial charge in [0.25, 0.3) is 0 Å². The SMILES string of the molecule is C=C(CC[C@@H](C(=O)O)[C@H]1[C@H](O)C[C@]23C4=C(C[C@H](CCC25CCC([C@@H](CCc2ccccc2)c2ccc(CCOC)cc2)CC5)[C@]13C)[C@]12CC[C@H](O)[C@@]3(C)CC=C[C@@](C=C5C(Cc6cccc(-c7ccc(O)cc7)c6)=c6ccccc6=C[C@H]51)(C4)[C@@H]32)[C@@H](C)C1CCCCC1. The fraction of sp³-hybridized carbons (Fsp3) is 0.523. The molecule has 482 valence electrons. The molecule has 4 bridgehead atoms. The molecule has 14 atom stereocenters. The molecule has 5 aromatic rings. The number of benzene rings is 5. The fourth-order valence-corrected chi connectivity index (χ4v) is 24.3. The Hall–Kier alpha value is -6.05. The summed E-state index contributed by atoms with van der Waals surface area (Å²) < 4.78 is 5.53. The lowest BCUT2D eigenvalue weighted by Crippen LogP contribution is -2.70. The molecule has 5 fully saturated rings. The Bertz CT molecular complexity index is 3840. The van der Waals surface area contributed by atoms with Gasteiger partial charge in [-0.25, -0.2) is 0 Å². The summed E-state index contributed by atoms with van der Waals surface area (Å²) in [6.07, 6.45) is 32.2. The molecule has 10 aliphatic rings. The number of aliphatic hydroxyl groups excluding tert-OH is 2. The van der Waals surface area contributed by atoms with Gasteiger partial charge >= 0.3 is 5.97 Å². The smallest absolute Gasteiger partial charge is 0.306 e. The van der Waals surface area contributed by atoms with Gasteiger partial charge in [-0.15, -0.1) is 0 Å². The summed E-state index contributed by atoms with van der Waals surface area (Å²) in [4.78, 5) is 14.7. The molecule has 1 spiro atoms. The number of hydrogen-bond acceptors (Lipinski definition) is 5. The van der Waals surface area contributed by atoms with Crippen molar-refractivity contribution in [1.82, 2.24) is 0 Å². The van der Waals surface area contributed by atoms with E-state index in [9.17, 15) is 25.2 Å². The van der Waals surface area contributed by atoms with Crippen LogP contribution in [0.2, 0.25) is 0 Å². The highest BCUT2D eigenvalue weighted by Gasteiger charge is 2.81. The lowest BCUT2D eigenvalue weighted by Gasteiger charge is -2.76. The predicted octanol–water partition coefficient (Wildman–Crippen LogP) is 17.4. The number of carboxylic acid groups (broad SMARTS) is 1. The summed E-state index contributed by atoms with van der Waals surface area (Å²) in [6, 6.07) is 46.5. The van der Waals surface area contributed by atoms with Gasteiger partial charge in [-0.1, -0.05) is 203 Å². The zero-order chi connectivity index (χ0) is 63.4. The first-order valence-electron chi connectivity index (χ1n) is 36.3. The number of allylic oxidation sites excluding steroid dienone is 7. The van der Waals surface area contributed by atoms with Gasteiger partial charge < -0.3 is 25.2 Å². The highest BCUT2D eigenvalue weighted by atomic mass is 16.5. The number of ether oxygens (including phenoxy) is 1. The summed E-state index contributed by atoms with van der Waals surface area (Å²) in [7, 11) is 1.79. The van der Waals surface area contributed by atoms with Crippen molar-refractivity contribution in [3.8, 4) is 16.9 Å². The average molecular weight is 1230 g/mol. The molecule has 0 radical (unpaired) electrons. The van der Waals surface area contributed by atoms with Gasteiger partial charge in [0.1, 0.15) is 5.75 Å². The molecule has 6 nitrogen and oxygen atoms in total. The van der Waals surface area contributed by atoms with Crippen LogP contribution in [0.25, 0.3) is 22.8 Å². The molecule has 10 aliphatic carbocycles. The molecule has 92 heavy (non-hydrogen) atoms. The van der Waals surface area contributed by atoms with Crippen molar-refractivity contribution in [3.63, 3.8) is 0 Å². The minimum Gasteiger partial charge on any atom is -0.508 e. The number of aliphatic carboxylic acids is 1. The molecule has 5 aromatic carbocycles. The third-order valence-electron chi connectivity index (χ3n) is 28.4. The maximum absolute atomic E-state index is 14.7. The number of carbonyl (C=O) groups is 1. The summed E-state index contributed by atoms with van der Waals surface area (Å²) in [5.41, 5.74) is 12.9. The summed E-state index contributed by atoms with van der Waals surface area (Å²) in [6.45, 7) is 12.9. The molecular formula is C86H102O6. The third kappa shape index (κ3) is 9.71. The Labute approximate surface area is 548 Å². The first kappa shape index (κ1) is 62.1. The van der Waals surface area contributed by atoms with Crippen LogP contribution >= 0.6 is 0 Å². The molecule has 0 aliphatic heterocycles. The van der Waals surface area contributed by atoms with Crippen LogP contribution in [-0.2, 0) is 28.8 Å². The van der Waals surface area contributed by atoms with Crippen LogP contribution in [0.4, 0.5) is 0 Å². The molecule has 0 unspecified atom stereocenters. The first-order valence-corrected chi connectivity index (χ1v) is 36.3. The van der Waals surface area contributed by atoms with Crippen LogP contribution in [0.1, 0.15) is 177 Å². The van der Waals surface area contributed by atoms with Crippen LogP contribution in [0, 0.1) is 79.8 Å². The second-order valence-corrected chi connectivity index (χ2v) is 32.1. The number of fused-ring (bicyclic) bond motifs is 2. The molecule has 0 aromatic heterocycles.